The van der Waals surface area contributed by atoms with E-state index >= 15 is 0 Å². The van der Waals surface area contributed by atoms with E-state index in [0.717, 1.165) is 30.4 Å². The zero-order valence-electron chi connectivity index (χ0n) is 22.1. The lowest BCUT2D eigenvalue weighted by molar-refractivity contribution is -0.136. The van der Waals surface area contributed by atoms with Gasteiger partial charge < -0.3 is 19.1 Å². The topological polar surface area (TPSA) is 135 Å². The molecule has 1 N–H and O–H groups in total. The molecule has 2 aromatic carbocycles. The van der Waals surface area contributed by atoms with Crippen molar-refractivity contribution in [1.82, 2.24) is 25.3 Å². The fourth-order valence-electron chi connectivity index (χ4n) is 5.61. The van der Waals surface area contributed by atoms with Crippen molar-refractivity contribution in [3.05, 3.63) is 65.0 Å². The standard InChI is InChI=1S/C29H29N5O6/c1-17-30-27(40-32-17)18-5-7-19(8-6-18)28(37)33-13-3-2-4-21(33)16-39-22-9-10-23-20(14-22)15-34(29(23)38)24-11-12-25(35)31-26(24)36/h5-10,14,21,24H,2-4,11-13,15-16H2,1H3,(H,31,35,36)/t21-,24?/m1/s1. The molecule has 11 nitrogen and oxygen atoms in total. The SMILES string of the molecule is Cc1noc(-c2ccc(C(=O)N3CCCC[C@@H]3COc3ccc4c(c3)CN(C3CCC(=O)NC3=O)C4=O)cc2)n1. The number of amides is 4. The molecule has 3 aromatic rings. The third-order valence-corrected chi connectivity index (χ3v) is 7.73. The minimum absolute atomic E-state index is 0.0546. The Balaban J connectivity index is 1.11. The highest BCUT2D eigenvalue weighted by molar-refractivity contribution is 6.05. The Morgan fingerprint density at radius 2 is 1.93 bits per heavy atom. The van der Waals surface area contributed by atoms with E-state index in [1.807, 2.05) is 11.0 Å². The molecule has 4 heterocycles. The highest BCUT2D eigenvalue weighted by Crippen LogP contribution is 2.31. The predicted molar refractivity (Wildman–Crippen MR) is 141 cm³/mol. The van der Waals surface area contributed by atoms with Crippen LogP contribution in [-0.4, -0.2) is 68.8 Å². The van der Waals surface area contributed by atoms with Gasteiger partial charge >= 0.3 is 0 Å². The van der Waals surface area contributed by atoms with Crippen LogP contribution in [0.1, 0.15) is 64.2 Å². The molecule has 206 valence electrons. The zero-order chi connectivity index (χ0) is 27.8. The summed E-state index contributed by atoms with van der Waals surface area (Å²) in [5.41, 5.74) is 2.64. The largest absolute Gasteiger partial charge is 0.491 e. The van der Waals surface area contributed by atoms with Gasteiger partial charge in [0.1, 0.15) is 18.4 Å². The van der Waals surface area contributed by atoms with E-state index in [2.05, 4.69) is 15.5 Å². The van der Waals surface area contributed by atoms with Crippen LogP contribution in [0.15, 0.2) is 47.0 Å². The van der Waals surface area contributed by atoms with Crippen LogP contribution in [-0.2, 0) is 16.1 Å². The van der Waals surface area contributed by atoms with Crippen LogP contribution >= 0.6 is 0 Å². The average Bonchev–Trinajstić information content (AvgIpc) is 3.54. The molecule has 2 saturated heterocycles. The van der Waals surface area contributed by atoms with Crippen LogP contribution in [0.5, 0.6) is 5.75 Å². The Kier molecular flexibility index (Phi) is 6.79. The van der Waals surface area contributed by atoms with Crippen LogP contribution < -0.4 is 10.1 Å². The van der Waals surface area contributed by atoms with E-state index in [1.165, 1.54) is 4.90 Å². The van der Waals surface area contributed by atoms with Crippen molar-refractivity contribution in [2.75, 3.05) is 13.2 Å². The van der Waals surface area contributed by atoms with Gasteiger partial charge in [-0.05, 0) is 80.6 Å². The number of nitrogens with zero attached hydrogens (tertiary/aromatic N) is 4. The molecule has 0 aliphatic carbocycles. The van der Waals surface area contributed by atoms with E-state index in [-0.39, 0.29) is 36.7 Å². The molecule has 0 spiro atoms. The first kappa shape index (κ1) is 25.7. The normalized spacial score (nSPS) is 20.9. The van der Waals surface area contributed by atoms with Gasteiger partial charge in [-0.25, -0.2) is 0 Å². The predicted octanol–water partition coefficient (Wildman–Crippen LogP) is 2.88. The fourth-order valence-corrected chi connectivity index (χ4v) is 5.61. The van der Waals surface area contributed by atoms with Gasteiger partial charge in [0, 0.05) is 36.2 Å². The Morgan fingerprint density at radius 1 is 1.10 bits per heavy atom. The van der Waals surface area contributed by atoms with Crippen molar-refractivity contribution in [3.63, 3.8) is 0 Å². The van der Waals surface area contributed by atoms with Gasteiger partial charge in [0.25, 0.3) is 17.7 Å². The smallest absolute Gasteiger partial charge is 0.257 e. The number of carbonyl (C=O) groups is 4. The number of aryl methyl sites for hydroxylation is 1. The second-order valence-corrected chi connectivity index (χ2v) is 10.4. The molecule has 4 amide bonds. The molecule has 11 heteroatoms. The van der Waals surface area contributed by atoms with Crippen LogP contribution in [0, 0.1) is 6.92 Å². The van der Waals surface area contributed by atoms with E-state index < -0.39 is 11.9 Å². The van der Waals surface area contributed by atoms with E-state index in [0.29, 0.717) is 48.2 Å². The molecule has 1 aromatic heterocycles. The van der Waals surface area contributed by atoms with Crippen LogP contribution in [0.25, 0.3) is 11.5 Å². The first-order valence-corrected chi connectivity index (χ1v) is 13.5. The number of ether oxygens (including phenoxy) is 1. The lowest BCUT2D eigenvalue weighted by atomic mass is 10.0. The number of hydrogen-bond acceptors (Lipinski definition) is 8. The number of aromatic nitrogens is 2. The van der Waals surface area contributed by atoms with Crippen LogP contribution in [0.3, 0.4) is 0 Å². The maximum Gasteiger partial charge on any atom is 0.257 e. The van der Waals surface area contributed by atoms with Gasteiger partial charge in [0.15, 0.2) is 5.82 Å². The van der Waals surface area contributed by atoms with Crippen molar-refractivity contribution in [2.45, 2.75) is 57.7 Å². The number of rotatable bonds is 6. The molecule has 2 atom stereocenters. The summed E-state index contributed by atoms with van der Waals surface area (Å²) in [4.78, 5) is 57.8. The molecular formula is C29H29N5O6. The maximum absolute atomic E-state index is 13.4. The summed E-state index contributed by atoms with van der Waals surface area (Å²) in [5, 5.41) is 6.13. The summed E-state index contributed by atoms with van der Waals surface area (Å²) in [6.07, 6.45) is 3.30. The maximum atomic E-state index is 13.4. The van der Waals surface area contributed by atoms with Gasteiger partial charge in [0.05, 0.1) is 6.04 Å². The molecule has 3 aliphatic heterocycles. The van der Waals surface area contributed by atoms with Gasteiger partial charge in [-0.3, -0.25) is 24.5 Å². The number of likely N-dealkylation sites (tertiary alicyclic amines) is 1. The second-order valence-electron chi connectivity index (χ2n) is 10.4. The highest BCUT2D eigenvalue weighted by atomic mass is 16.5. The van der Waals surface area contributed by atoms with Gasteiger partial charge in [0.2, 0.25) is 11.8 Å². The lowest BCUT2D eigenvalue weighted by Crippen LogP contribution is -2.52. The average molecular weight is 544 g/mol. The molecule has 0 saturated carbocycles. The summed E-state index contributed by atoms with van der Waals surface area (Å²) >= 11 is 0. The molecule has 2 fully saturated rings. The molecule has 3 aliphatic rings. The zero-order valence-corrected chi connectivity index (χ0v) is 22.1. The second kappa shape index (κ2) is 10.6. The highest BCUT2D eigenvalue weighted by Gasteiger charge is 2.39. The van der Waals surface area contributed by atoms with Crippen molar-refractivity contribution < 1.29 is 28.4 Å². The monoisotopic (exact) mass is 543 g/mol. The van der Waals surface area contributed by atoms with Crippen molar-refractivity contribution in [1.29, 1.82) is 0 Å². The van der Waals surface area contributed by atoms with Crippen molar-refractivity contribution in [3.8, 4) is 17.2 Å². The summed E-state index contributed by atoms with van der Waals surface area (Å²) in [6, 6.07) is 11.7. The fraction of sp³-hybridized carbons (Fsp3) is 0.379. The van der Waals surface area contributed by atoms with Crippen molar-refractivity contribution in [2.24, 2.45) is 0 Å². The molecule has 0 radical (unpaired) electrons. The number of nitrogens with one attached hydrogen (secondary N) is 1. The molecular weight excluding hydrogens is 514 g/mol. The molecule has 40 heavy (non-hydrogen) atoms. The number of fused-ring (bicyclic) bond motifs is 1. The third kappa shape index (κ3) is 4.94. The minimum atomic E-state index is -0.658. The number of imide groups is 1. The Morgan fingerprint density at radius 3 is 2.67 bits per heavy atom. The number of carbonyl (C=O) groups excluding carboxylic acids is 4. The quantitative estimate of drug-likeness (QED) is 0.469. The summed E-state index contributed by atoms with van der Waals surface area (Å²) in [5.74, 6) is 0.544. The third-order valence-electron chi connectivity index (χ3n) is 7.73. The van der Waals surface area contributed by atoms with Gasteiger partial charge in [-0.2, -0.15) is 4.98 Å². The number of hydrogen-bond donors (Lipinski definition) is 1. The number of benzene rings is 2. The van der Waals surface area contributed by atoms with Crippen LogP contribution in [0.2, 0.25) is 0 Å². The number of piperidine rings is 2. The molecule has 6 rings (SSSR count). The molecule has 1 unspecified atom stereocenters. The first-order chi connectivity index (χ1) is 19.4. The Labute approximate surface area is 230 Å². The Bertz CT molecular complexity index is 1480. The van der Waals surface area contributed by atoms with Gasteiger partial charge in [-0.15, -0.1) is 0 Å². The lowest BCUT2D eigenvalue weighted by Gasteiger charge is -2.35. The van der Waals surface area contributed by atoms with E-state index in [4.69, 9.17) is 9.26 Å². The summed E-state index contributed by atoms with van der Waals surface area (Å²) in [6.45, 7) is 3.01. The minimum Gasteiger partial charge on any atom is -0.491 e. The Hall–Kier alpha value is -4.54. The van der Waals surface area contributed by atoms with Crippen molar-refractivity contribution >= 4 is 23.6 Å². The first-order valence-electron chi connectivity index (χ1n) is 13.5. The summed E-state index contributed by atoms with van der Waals surface area (Å²) < 4.78 is 11.4. The van der Waals surface area contributed by atoms with E-state index in [9.17, 15) is 19.2 Å². The summed E-state index contributed by atoms with van der Waals surface area (Å²) in [7, 11) is 0. The van der Waals surface area contributed by atoms with Crippen LogP contribution in [0.4, 0.5) is 0 Å². The molecule has 0 bridgehead atoms. The van der Waals surface area contributed by atoms with Gasteiger partial charge in [-0.1, -0.05) is 5.16 Å². The van der Waals surface area contributed by atoms with E-state index in [1.54, 1.807) is 43.3 Å².